The zero-order valence-electron chi connectivity index (χ0n) is 18.2. The topological polar surface area (TPSA) is 194 Å². The maximum Gasteiger partial charge on any atom is 1.00 e. The number of hydrogen-bond donors (Lipinski definition) is 3. The summed E-state index contributed by atoms with van der Waals surface area (Å²) < 4.78 is 36.2. The van der Waals surface area contributed by atoms with Crippen molar-refractivity contribution in [3.63, 3.8) is 0 Å². The Bertz CT molecular complexity index is 1080. The van der Waals surface area contributed by atoms with E-state index in [-0.39, 0.29) is 58.6 Å². The quantitative estimate of drug-likeness (QED) is 0.0307. The molecule has 1 aromatic rings. The SMILES string of the molecule is C=CCO/N=C(\C(=O)NC1C(=O)N(S(=O)(=O)O)C1C(=O)OC)c1csc(NC(=O)CCl)n1.[H-].[Na+]. The smallest absolute Gasteiger partial charge is 1.00 e. The normalized spacial score (nSPS) is 17.8. The average molecular weight is 534 g/mol. The van der Waals surface area contributed by atoms with Crippen molar-refractivity contribution in [1.29, 1.82) is 0 Å². The molecule has 3 amide bonds. The van der Waals surface area contributed by atoms with E-state index >= 15 is 0 Å². The van der Waals surface area contributed by atoms with Crippen LogP contribution in [0.15, 0.2) is 23.2 Å². The number of hydrogen-bond acceptors (Lipinski definition) is 11. The summed E-state index contributed by atoms with van der Waals surface area (Å²) in [5, 5.41) is 9.55. The van der Waals surface area contributed by atoms with Crippen molar-refractivity contribution >= 4 is 67.8 Å². The molecule has 2 atom stereocenters. The molecule has 0 spiro atoms. The van der Waals surface area contributed by atoms with Crippen molar-refractivity contribution in [3.8, 4) is 0 Å². The molecule has 0 bridgehead atoms. The van der Waals surface area contributed by atoms with Gasteiger partial charge in [-0.15, -0.1) is 22.9 Å². The fraction of sp³-hybridized carbons (Fsp3) is 0.333. The number of anilines is 1. The van der Waals surface area contributed by atoms with E-state index in [1.807, 2.05) is 0 Å². The molecule has 2 heterocycles. The Balaban J connectivity index is 0.00000544. The number of oxime groups is 1. The van der Waals surface area contributed by atoms with Crippen molar-refractivity contribution in [3.05, 3.63) is 23.7 Å². The molecule has 33 heavy (non-hydrogen) atoms. The van der Waals surface area contributed by atoms with E-state index in [2.05, 4.69) is 32.1 Å². The van der Waals surface area contributed by atoms with Crippen molar-refractivity contribution in [2.75, 3.05) is 24.9 Å². The number of methoxy groups -OCH3 is 1. The van der Waals surface area contributed by atoms with Gasteiger partial charge in [-0.05, 0) is 0 Å². The van der Waals surface area contributed by atoms with E-state index in [1.165, 1.54) is 11.5 Å². The van der Waals surface area contributed by atoms with Crippen LogP contribution in [0.5, 0.6) is 0 Å². The van der Waals surface area contributed by atoms with Crippen LogP contribution in [0.1, 0.15) is 7.12 Å². The van der Waals surface area contributed by atoms with Gasteiger partial charge in [0.1, 0.15) is 24.2 Å². The summed E-state index contributed by atoms with van der Waals surface area (Å²) in [4.78, 5) is 57.1. The molecule has 1 saturated heterocycles. The number of amides is 3. The maximum absolute atomic E-state index is 12.8. The van der Waals surface area contributed by atoms with Crippen LogP contribution in [-0.2, 0) is 39.1 Å². The summed E-state index contributed by atoms with van der Waals surface area (Å²) >= 11 is 6.34. The molecule has 18 heteroatoms. The van der Waals surface area contributed by atoms with E-state index in [9.17, 15) is 27.6 Å². The van der Waals surface area contributed by atoms with Crippen LogP contribution < -0.4 is 40.2 Å². The number of carbonyl (C=O) groups excluding carboxylic acids is 4. The van der Waals surface area contributed by atoms with Gasteiger partial charge in [0.2, 0.25) is 5.91 Å². The van der Waals surface area contributed by atoms with Gasteiger partial charge < -0.3 is 21.6 Å². The van der Waals surface area contributed by atoms with Crippen molar-refractivity contribution < 1.29 is 72.7 Å². The number of ether oxygens (including phenoxy) is 1. The molecule has 14 nitrogen and oxygen atoms in total. The summed E-state index contributed by atoms with van der Waals surface area (Å²) in [6.45, 7) is 3.32. The van der Waals surface area contributed by atoms with Gasteiger partial charge in [-0.2, -0.15) is 12.7 Å². The first kappa shape index (κ1) is 29.0. The zero-order chi connectivity index (χ0) is 24.1. The van der Waals surface area contributed by atoms with Crippen molar-refractivity contribution in [1.82, 2.24) is 14.6 Å². The fourth-order valence-corrected chi connectivity index (χ4v) is 3.99. The molecule has 0 aliphatic carbocycles. The predicted molar refractivity (Wildman–Crippen MR) is 111 cm³/mol. The Labute approximate surface area is 220 Å². The number of carbonyl (C=O) groups is 4. The number of halogens is 1. The van der Waals surface area contributed by atoms with E-state index in [1.54, 1.807) is 0 Å². The first-order valence-corrected chi connectivity index (χ1v) is 11.2. The molecular weight excluding hydrogens is 517 g/mol. The van der Waals surface area contributed by atoms with Gasteiger partial charge in [0, 0.05) is 5.38 Å². The number of esters is 1. The molecule has 0 radical (unpaired) electrons. The number of aromatic nitrogens is 1. The van der Waals surface area contributed by atoms with E-state index < -0.39 is 51.8 Å². The molecule has 0 aromatic carbocycles. The Morgan fingerprint density at radius 3 is 2.70 bits per heavy atom. The summed E-state index contributed by atoms with van der Waals surface area (Å²) in [7, 11) is -4.16. The summed E-state index contributed by atoms with van der Waals surface area (Å²) in [5.41, 5.74) is -0.536. The molecule has 1 aromatic heterocycles. The number of rotatable bonds is 10. The first-order valence-electron chi connectivity index (χ1n) is 8.37. The molecule has 0 saturated carbocycles. The number of alkyl halides is 1. The van der Waals surface area contributed by atoms with Gasteiger partial charge in [0.15, 0.2) is 16.9 Å². The van der Waals surface area contributed by atoms with Gasteiger partial charge in [0.25, 0.3) is 11.8 Å². The molecule has 1 aliphatic heterocycles. The van der Waals surface area contributed by atoms with Crippen LogP contribution in [0.25, 0.3) is 0 Å². The van der Waals surface area contributed by atoms with Crippen LogP contribution in [0.4, 0.5) is 5.13 Å². The van der Waals surface area contributed by atoms with Crippen LogP contribution in [-0.4, -0.2) is 83.3 Å². The largest absolute Gasteiger partial charge is 1.00 e. The molecule has 1 fully saturated rings. The molecule has 176 valence electrons. The van der Waals surface area contributed by atoms with Crippen molar-refractivity contribution in [2.24, 2.45) is 5.16 Å². The monoisotopic (exact) mass is 533 g/mol. The molecule has 1 aliphatic rings. The van der Waals surface area contributed by atoms with Gasteiger partial charge >= 0.3 is 45.8 Å². The average Bonchev–Trinajstić information content (AvgIpc) is 3.19. The van der Waals surface area contributed by atoms with Crippen LogP contribution in [0.2, 0.25) is 0 Å². The Hall–Kier alpha value is -2.08. The number of nitrogens with zero attached hydrogens (tertiary/aromatic N) is 3. The Morgan fingerprint density at radius 2 is 2.15 bits per heavy atom. The van der Waals surface area contributed by atoms with Gasteiger partial charge in [-0.3, -0.25) is 18.9 Å². The van der Waals surface area contributed by atoms with Crippen LogP contribution in [0.3, 0.4) is 0 Å². The van der Waals surface area contributed by atoms with Gasteiger partial charge in [-0.25, -0.2) is 9.78 Å². The first-order chi connectivity index (χ1) is 15.0. The maximum atomic E-state index is 12.8. The third-order valence-corrected chi connectivity index (χ3v) is 5.61. The minimum Gasteiger partial charge on any atom is -1.00 e. The standard InChI is InChI=1S/C15H16ClN5O9S2.Na.H/c1-3-4-30-20-9(7-6-31-15(17-7)18-8(22)5-16)12(23)19-10-11(14(25)29-2)21(13(10)24)32(26,27)28;;/h3,6,10-11H,1,4-5H2,2H3,(H,19,23)(H,17,18,22)(H,26,27,28);;/q;+1;-1/b20-9-;;. The fourth-order valence-electron chi connectivity index (χ4n) is 2.37. The number of β-lactam (4-membered cyclic amide) rings is 1. The number of nitrogens with one attached hydrogen (secondary N) is 2. The second-order valence-corrected chi connectivity index (χ2v) is 8.19. The minimum absolute atomic E-state index is 0. The van der Waals surface area contributed by atoms with Gasteiger partial charge in [0.05, 0.1) is 7.11 Å². The summed E-state index contributed by atoms with van der Waals surface area (Å²) in [6, 6.07) is -3.52. The van der Waals surface area contributed by atoms with Crippen molar-refractivity contribution in [2.45, 2.75) is 12.1 Å². The molecule has 2 unspecified atom stereocenters. The second-order valence-electron chi connectivity index (χ2n) is 5.78. The number of thiazole rings is 1. The van der Waals surface area contributed by atoms with E-state index in [4.69, 9.17) is 21.0 Å². The minimum atomic E-state index is -5.09. The summed E-state index contributed by atoms with van der Waals surface area (Å²) in [5.74, 6) is -4.44. The molecule has 3 N–H and O–H groups in total. The van der Waals surface area contributed by atoms with Crippen LogP contribution in [0, 0.1) is 0 Å². The molecular formula is C15H17ClN5NaO9S2. The van der Waals surface area contributed by atoms with E-state index in [0.29, 0.717) is 0 Å². The molecule has 2 rings (SSSR count). The second kappa shape index (κ2) is 12.4. The summed E-state index contributed by atoms with van der Waals surface area (Å²) in [6.07, 6.45) is 1.33. The van der Waals surface area contributed by atoms with E-state index in [0.717, 1.165) is 18.4 Å². The Morgan fingerprint density at radius 1 is 1.48 bits per heavy atom. The zero-order valence-corrected chi connectivity index (χ0v) is 21.6. The van der Waals surface area contributed by atoms with Gasteiger partial charge in [-0.1, -0.05) is 17.8 Å². The third kappa shape index (κ3) is 6.95. The van der Waals surface area contributed by atoms with Crippen LogP contribution >= 0.6 is 22.9 Å². The predicted octanol–water partition coefficient (Wildman–Crippen LogP) is -3.98. The Kier molecular flexibility index (Phi) is 10.9. The third-order valence-electron chi connectivity index (χ3n) is 3.71.